The summed E-state index contributed by atoms with van der Waals surface area (Å²) in [5.41, 5.74) is 1.34. The third-order valence-corrected chi connectivity index (χ3v) is 5.45. The second-order valence-corrected chi connectivity index (χ2v) is 8.22. The Balaban J connectivity index is 1.60. The fourth-order valence-electron chi connectivity index (χ4n) is 3.62. The van der Waals surface area contributed by atoms with Crippen LogP contribution in [0, 0.1) is 11.7 Å². The van der Waals surface area contributed by atoms with Crippen molar-refractivity contribution in [3.63, 3.8) is 0 Å². The van der Waals surface area contributed by atoms with Gasteiger partial charge in [0.2, 0.25) is 5.91 Å². The summed E-state index contributed by atoms with van der Waals surface area (Å²) in [5, 5.41) is 8.52. The molecule has 1 saturated carbocycles. The van der Waals surface area contributed by atoms with Crippen molar-refractivity contribution in [2.45, 2.75) is 51.6 Å². The number of hydrogen-bond acceptors (Lipinski definition) is 3. The largest absolute Gasteiger partial charge is 0.349 e. The van der Waals surface area contributed by atoms with E-state index in [-0.39, 0.29) is 29.3 Å². The first-order valence-corrected chi connectivity index (χ1v) is 10.6. The van der Waals surface area contributed by atoms with Gasteiger partial charge in [0.25, 0.3) is 11.8 Å². The molecule has 2 aromatic rings. The Morgan fingerprint density at radius 1 is 0.871 bits per heavy atom. The predicted molar refractivity (Wildman–Crippen MR) is 117 cm³/mol. The average molecular weight is 426 g/mol. The quantitative estimate of drug-likeness (QED) is 0.629. The van der Waals surface area contributed by atoms with Crippen molar-refractivity contribution in [1.82, 2.24) is 10.6 Å². The Hall–Kier alpha value is -3.22. The van der Waals surface area contributed by atoms with Gasteiger partial charge in [-0.2, -0.15) is 0 Å². The molecule has 1 aliphatic rings. The van der Waals surface area contributed by atoms with E-state index in [2.05, 4.69) is 16.0 Å². The van der Waals surface area contributed by atoms with Crippen molar-refractivity contribution < 1.29 is 18.8 Å². The minimum atomic E-state index is -0.775. The van der Waals surface area contributed by atoms with Gasteiger partial charge in [-0.1, -0.05) is 26.7 Å². The van der Waals surface area contributed by atoms with Crippen LogP contribution in [0.4, 0.5) is 10.1 Å². The third kappa shape index (κ3) is 6.13. The predicted octanol–water partition coefficient (Wildman–Crippen LogP) is 3.89. The normalized spacial score (nSPS) is 14.8. The molecule has 0 saturated heterocycles. The highest BCUT2D eigenvalue weighted by Crippen LogP contribution is 2.19. The van der Waals surface area contributed by atoms with Crippen LogP contribution in [0.1, 0.15) is 60.2 Å². The topological polar surface area (TPSA) is 87.3 Å². The van der Waals surface area contributed by atoms with Crippen LogP contribution in [0.3, 0.4) is 0 Å². The molecule has 3 amide bonds. The van der Waals surface area contributed by atoms with Gasteiger partial charge in [0.1, 0.15) is 11.9 Å². The first-order valence-electron chi connectivity index (χ1n) is 10.6. The fraction of sp³-hybridized carbons (Fsp3) is 0.375. The van der Waals surface area contributed by atoms with Crippen molar-refractivity contribution in [3.05, 3.63) is 65.5 Å². The van der Waals surface area contributed by atoms with E-state index in [1.54, 1.807) is 24.3 Å². The molecule has 0 heterocycles. The van der Waals surface area contributed by atoms with Gasteiger partial charge in [-0.15, -0.1) is 0 Å². The molecule has 6 nitrogen and oxygen atoms in total. The van der Waals surface area contributed by atoms with Gasteiger partial charge < -0.3 is 16.0 Å². The molecule has 0 aliphatic heterocycles. The SMILES string of the molecule is CC(C)C(NC(=O)c1ccc(F)cc1)C(=O)Nc1ccc(C(=O)NC2CCCC2)cc1. The summed E-state index contributed by atoms with van der Waals surface area (Å²) >= 11 is 0. The Labute approximate surface area is 181 Å². The summed E-state index contributed by atoms with van der Waals surface area (Å²) in [6.07, 6.45) is 4.31. The Morgan fingerprint density at radius 2 is 1.42 bits per heavy atom. The van der Waals surface area contributed by atoms with Gasteiger partial charge >= 0.3 is 0 Å². The van der Waals surface area contributed by atoms with E-state index in [1.807, 2.05) is 13.8 Å². The maximum Gasteiger partial charge on any atom is 0.251 e. The van der Waals surface area contributed by atoms with Gasteiger partial charge in [0.15, 0.2) is 0 Å². The fourth-order valence-corrected chi connectivity index (χ4v) is 3.62. The molecule has 2 aromatic carbocycles. The van der Waals surface area contributed by atoms with E-state index in [0.29, 0.717) is 11.3 Å². The van der Waals surface area contributed by atoms with Crippen LogP contribution in [0.25, 0.3) is 0 Å². The van der Waals surface area contributed by atoms with Gasteiger partial charge in [-0.25, -0.2) is 4.39 Å². The van der Waals surface area contributed by atoms with Gasteiger partial charge in [-0.3, -0.25) is 14.4 Å². The molecule has 1 aliphatic carbocycles. The molecule has 31 heavy (non-hydrogen) atoms. The summed E-state index contributed by atoms with van der Waals surface area (Å²) in [6, 6.07) is 11.3. The van der Waals surface area contributed by atoms with Gasteiger partial charge in [-0.05, 0) is 67.3 Å². The number of halogens is 1. The van der Waals surface area contributed by atoms with E-state index < -0.39 is 17.8 Å². The number of nitrogens with one attached hydrogen (secondary N) is 3. The zero-order valence-corrected chi connectivity index (χ0v) is 17.8. The first-order chi connectivity index (χ1) is 14.8. The van der Waals surface area contributed by atoms with Crippen molar-refractivity contribution in [2.75, 3.05) is 5.32 Å². The lowest BCUT2D eigenvalue weighted by Gasteiger charge is -2.22. The highest BCUT2D eigenvalue weighted by Gasteiger charge is 2.25. The molecule has 0 radical (unpaired) electrons. The molecule has 3 N–H and O–H groups in total. The average Bonchev–Trinajstić information content (AvgIpc) is 3.25. The number of benzene rings is 2. The third-order valence-electron chi connectivity index (χ3n) is 5.45. The molecular weight excluding hydrogens is 397 g/mol. The van der Waals surface area contributed by atoms with Crippen LogP contribution < -0.4 is 16.0 Å². The number of hydrogen-bond donors (Lipinski definition) is 3. The standard InChI is InChI=1S/C24H28FN3O3/c1-15(2)21(28-23(30)16-7-11-18(25)12-8-16)24(31)27-20-13-9-17(10-14-20)22(29)26-19-5-3-4-6-19/h7-15,19,21H,3-6H2,1-2H3,(H,26,29)(H,27,31)(H,28,30). The number of amides is 3. The minimum absolute atomic E-state index is 0.114. The summed E-state index contributed by atoms with van der Waals surface area (Å²) < 4.78 is 13.1. The van der Waals surface area contributed by atoms with E-state index in [9.17, 15) is 18.8 Å². The maximum atomic E-state index is 13.1. The maximum absolute atomic E-state index is 13.1. The highest BCUT2D eigenvalue weighted by molar-refractivity contribution is 6.01. The second-order valence-electron chi connectivity index (χ2n) is 8.22. The van der Waals surface area contributed by atoms with Crippen LogP contribution >= 0.6 is 0 Å². The number of rotatable bonds is 7. The number of anilines is 1. The Morgan fingerprint density at radius 3 is 2.00 bits per heavy atom. The van der Waals surface area contributed by atoms with Crippen molar-refractivity contribution in [2.24, 2.45) is 5.92 Å². The molecule has 7 heteroatoms. The minimum Gasteiger partial charge on any atom is -0.349 e. The van der Waals surface area contributed by atoms with Crippen molar-refractivity contribution >= 4 is 23.4 Å². The van der Waals surface area contributed by atoms with Crippen LogP contribution in [0.15, 0.2) is 48.5 Å². The van der Waals surface area contributed by atoms with Crippen molar-refractivity contribution in [3.8, 4) is 0 Å². The molecule has 0 spiro atoms. The Bertz CT molecular complexity index is 920. The number of carbonyl (C=O) groups is 3. The zero-order chi connectivity index (χ0) is 22.4. The van der Waals surface area contributed by atoms with Gasteiger partial charge in [0, 0.05) is 22.9 Å². The van der Waals surface area contributed by atoms with E-state index in [0.717, 1.165) is 25.7 Å². The van der Waals surface area contributed by atoms with Crippen LogP contribution in [0.2, 0.25) is 0 Å². The van der Waals surface area contributed by atoms with E-state index in [1.165, 1.54) is 24.3 Å². The molecule has 1 atom stereocenters. The van der Waals surface area contributed by atoms with Crippen LogP contribution in [-0.2, 0) is 4.79 Å². The van der Waals surface area contributed by atoms with E-state index in [4.69, 9.17) is 0 Å². The molecular formula is C24H28FN3O3. The molecule has 164 valence electrons. The smallest absolute Gasteiger partial charge is 0.251 e. The lowest BCUT2D eigenvalue weighted by atomic mass is 10.0. The first kappa shape index (κ1) is 22.5. The highest BCUT2D eigenvalue weighted by atomic mass is 19.1. The second kappa shape index (κ2) is 10.2. The summed E-state index contributed by atoms with van der Waals surface area (Å²) in [7, 11) is 0. The van der Waals surface area contributed by atoms with Crippen LogP contribution in [-0.4, -0.2) is 29.8 Å². The van der Waals surface area contributed by atoms with Gasteiger partial charge in [0.05, 0.1) is 0 Å². The molecule has 3 rings (SSSR count). The molecule has 0 bridgehead atoms. The molecule has 1 unspecified atom stereocenters. The molecule has 1 fully saturated rings. The Kier molecular flexibility index (Phi) is 7.39. The summed E-state index contributed by atoms with van der Waals surface area (Å²) in [5.74, 6) is -1.53. The van der Waals surface area contributed by atoms with Crippen molar-refractivity contribution in [1.29, 1.82) is 0 Å². The lowest BCUT2D eigenvalue weighted by Crippen LogP contribution is -2.47. The number of carbonyl (C=O) groups excluding carboxylic acids is 3. The molecule has 0 aromatic heterocycles. The monoisotopic (exact) mass is 425 g/mol. The lowest BCUT2D eigenvalue weighted by molar-refractivity contribution is -0.118. The van der Waals surface area contributed by atoms with Crippen LogP contribution in [0.5, 0.6) is 0 Å². The summed E-state index contributed by atoms with van der Waals surface area (Å²) in [6.45, 7) is 3.65. The van der Waals surface area contributed by atoms with E-state index >= 15 is 0 Å². The zero-order valence-electron chi connectivity index (χ0n) is 17.8. The summed E-state index contributed by atoms with van der Waals surface area (Å²) in [4.78, 5) is 37.5.